The molecule has 5 heteroatoms. The lowest BCUT2D eigenvalue weighted by Crippen LogP contribution is -2.45. The Morgan fingerprint density at radius 3 is 2.81 bits per heavy atom. The molecule has 1 aliphatic rings. The molecule has 0 spiro atoms. The Hall–Kier alpha value is -1.88. The summed E-state index contributed by atoms with van der Waals surface area (Å²) in [4.78, 5) is 26.3. The molecule has 1 heterocycles. The van der Waals surface area contributed by atoms with E-state index in [0.29, 0.717) is 25.3 Å². The van der Waals surface area contributed by atoms with Crippen LogP contribution in [0, 0.1) is 5.92 Å². The molecule has 1 aliphatic heterocycles. The Balaban J connectivity index is 1.91. The van der Waals surface area contributed by atoms with Crippen molar-refractivity contribution in [2.24, 2.45) is 5.92 Å². The van der Waals surface area contributed by atoms with Crippen LogP contribution in [0.25, 0.3) is 0 Å². The minimum atomic E-state index is -0.122. The van der Waals surface area contributed by atoms with Crippen LogP contribution in [0.1, 0.15) is 23.2 Å². The van der Waals surface area contributed by atoms with Gasteiger partial charge in [0.25, 0.3) is 5.91 Å². The highest BCUT2D eigenvalue weighted by molar-refractivity contribution is 5.94. The maximum Gasteiger partial charge on any atom is 0.253 e. The van der Waals surface area contributed by atoms with E-state index in [2.05, 4.69) is 5.32 Å². The molecule has 114 valence electrons. The Bertz CT molecular complexity index is 476. The number of ether oxygens (including phenoxy) is 1. The average molecular weight is 290 g/mol. The van der Waals surface area contributed by atoms with Gasteiger partial charge in [0, 0.05) is 32.3 Å². The second-order valence-electron chi connectivity index (χ2n) is 5.24. The predicted octanol–water partition coefficient (Wildman–Crippen LogP) is 1.30. The molecule has 0 aliphatic carbocycles. The number of hydrogen-bond donors (Lipinski definition) is 1. The monoisotopic (exact) mass is 290 g/mol. The van der Waals surface area contributed by atoms with Gasteiger partial charge in [-0.2, -0.15) is 0 Å². The van der Waals surface area contributed by atoms with Gasteiger partial charge in [-0.15, -0.1) is 0 Å². The molecule has 1 aromatic rings. The van der Waals surface area contributed by atoms with Gasteiger partial charge in [-0.3, -0.25) is 9.59 Å². The summed E-state index contributed by atoms with van der Waals surface area (Å²) < 4.78 is 4.92. The smallest absolute Gasteiger partial charge is 0.253 e. The molecule has 1 saturated heterocycles. The van der Waals surface area contributed by atoms with E-state index < -0.39 is 0 Å². The molecule has 0 saturated carbocycles. The zero-order valence-electron chi connectivity index (χ0n) is 12.4. The minimum Gasteiger partial charge on any atom is -0.383 e. The lowest BCUT2D eigenvalue weighted by atomic mass is 9.96. The molecular weight excluding hydrogens is 268 g/mol. The number of methoxy groups -OCH3 is 1. The standard InChI is InChI=1S/C16H22N2O3/c1-21-11-9-17-15(19)14-8-5-10-18(12-14)16(20)13-6-3-2-4-7-13/h2-4,6-7,14H,5,8-12H2,1H3,(H,17,19). The fraction of sp³-hybridized carbons (Fsp3) is 0.500. The van der Waals surface area contributed by atoms with Gasteiger partial charge in [-0.25, -0.2) is 0 Å². The van der Waals surface area contributed by atoms with Crippen LogP contribution in [-0.2, 0) is 9.53 Å². The maximum atomic E-state index is 12.4. The molecule has 2 amide bonds. The zero-order valence-corrected chi connectivity index (χ0v) is 12.4. The summed E-state index contributed by atoms with van der Waals surface area (Å²) >= 11 is 0. The number of likely N-dealkylation sites (tertiary alicyclic amines) is 1. The molecule has 0 aromatic heterocycles. The molecule has 1 unspecified atom stereocenters. The number of carbonyl (C=O) groups is 2. The van der Waals surface area contributed by atoms with Crippen molar-refractivity contribution < 1.29 is 14.3 Å². The summed E-state index contributed by atoms with van der Waals surface area (Å²) in [6, 6.07) is 9.21. The third kappa shape index (κ3) is 4.29. The lowest BCUT2D eigenvalue weighted by Gasteiger charge is -2.32. The second-order valence-corrected chi connectivity index (χ2v) is 5.24. The molecule has 0 bridgehead atoms. The average Bonchev–Trinajstić information content (AvgIpc) is 2.55. The first kappa shape index (κ1) is 15.5. The fourth-order valence-electron chi connectivity index (χ4n) is 2.56. The highest BCUT2D eigenvalue weighted by Gasteiger charge is 2.28. The summed E-state index contributed by atoms with van der Waals surface area (Å²) in [6.07, 6.45) is 1.69. The Labute approximate surface area is 125 Å². The molecule has 1 aromatic carbocycles. The van der Waals surface area contributed by atoms with Gasteiger partial charge in [0.1, 0.15) is 0 Å². The van der Waals surface area contributed by atoms with Crippen LogP contribution in [0.3, 0.4) is 0 Å². The number of hydrogen-bond acceptors (Lipinski definition) is 3. The number of rotatable bonds is 5. The maximum absolute atomic E-state index is 12.4. The van der Waals surface area contributed by atoms with Crippen molar-refractivity contribution in [1.82, 2.24) is 10.2 Å². The van der Waals surface area contributed by atoms with Crippen molar-refractivity contribution in [3.05, 3.63) is 35.9 Å². The first-order valence-corrected chi connectivity index (χ1v) is 7.33. The van der Waals surface area contributed by atoms with Crippen molar-refractivity contribution in [2.45, 2.75) is 12.8 Å². The largest absolute Gasteiger partial charge is 0.383 e. The van der Waals surface area contributed by atoms with Gasteiger partial charge < -0.3 is 15.0 Å². The minimum absolute atomic E-state index is 0.00462. The topological polar surface area (TPSA) is 58.6 Å². The zero-order chi connectivity index (χ0) is 15.1. The first-order valence-electron chi connectivity index (χ1n) is 7.33. The van der Waals surface area contributed by atoms with Crippen LogP contribution >= 0.6 is 0 Å². The Kier molecular flexibility index (Phi) is 5.75. The number of nitrogens with zero attached hydrogens (tertiary/aromatic N) is 1. The molecule has 21 heavy (non-hydrogen) atoms. The van der Waals surface area contributed by atoms with E-state index >= 15 is 0 Å². The van der Waals surface area contributed by atoms with E-state index in [4.69, 9.17) is 4.74 Å². The summed E-state index contributed by atoms with van der Waals surface area (Å²) in [7, 11) is 1.60. The highest BCUT2D eigenvalue weighted by atomic mass is 16.5. The van der Waals surface area contributed by atoms with Crippen LogP contribution < -0.4 is 5.32 Å². The van der Waals surface area contributed by atoms with E-state index in [9.17, 15) is 9.59 Å². The molecule has 1 N–H and O–H groups in total. The molecular formula is C16H22N2O3. The van der Waals surface area contributed by atoms with Crippen molar-refractivity contribution in [2.75, 3.05) is 33.4 Å². The molecule has 1 fully saturated rings. The van der Waals surface area contributed by atoms with E-state index in [1.165, 1.54) is 0 Å². The van der Waals surface area contributed by atoms with Gasteiger partial charge in [-0.05, 0) is 25.0 Å². The van der Waals surface area contributed by atoms with E-state index in [1.54, 1.807) is 12.0 Å². The number of piperidine rings is 1. The molecule has 1 atom stereocenters. The molecule has 5 nitrogen and oxygen atoms in total. The summed E-state index contributed by atoms with van der Waals surface area (Å²) in [5.74, 6) is -0.106. The number of carbonyl (C=O) groups excluding carboxylic acids is 2. The van der Waals surface area contributed by atoms with Crippen LogP contribution in [0.5, 0.6) is 0 Å². The second kappa shape index (κ2) is 7.78. The number of benzene rings is 1. The predicted molar refractivity (Wildman–Crippen MR) is 80.0 cm³/mol. The van der Waals surface area contributed by atoms with Crippen LogP contribution in [0.2, 0.25) is 0 Å². The SMILES string of the molecule is COCCNC(=O)C1CCCN(C(=O)c2ccccc2)C1. The number of amides is 2. The van der Waals surface area contributed by atoms with Crippen LogP contribution in [-0.4, -0.2) is 50.1 Å². The van der Waals surface area contributed by atoms with Gasteiger partial charge in [0.2, 0.25) is 5.91 Å². The van der Waals surface area contributed by atoms with E-state index in [0.717, 1.165) is 19.4 Å². The summed E-state index contributed by atoms with van der Waals surface area (Å²) in [5.41, 5.74) is 0.679. The van der Waals surface area contributed by atoms with E-state index in [1.807, 2.05) is 30.3 Å². The first-order chi connectivity index (χ1) is 10.2. The normalized spacial score (nSPS) is 18.3. The van der Waals surface area contributed by atoms with Crippen molar-refractivity contribution in [3.8, 4) is 0 Å². The van der Waals surface area contributed by atoms with Gasteiger partial charge in [-0.1, -0.05) is 18.2 Å². The molecule has 0 radical (unpaired) electrons. The quantitative estimate of drug-likeness (QED) is 0.832. The van der Waals surface area contributed by atoms with Crippen LogP contribution in [0.15, 0.2) is 30.3 Å². The van der Waals surface area contributed by atoms with Crippen molar-refractivity contribution in [3.63, 3.8) is 0 Å². The summed E-state index contributed by atoms with van der Waals surface area (Å²) in [5, 5.41) is 2.85. The number of nitrogens with one attached hydrogen (secondary N) is 1. The Morgan fingerprint density at radius 2 is 2.10 bits per heavy atom. The Morgan fingerprint density at radius 1 is 1.33 bits per heavy atom. The van der Waals surface area contributed by atoms with Gasteiger partial charge in [0.15, 0.2) is 0 Å². The van der Waals surface area contributed by atoms with Gasteiger partial charge >= 0.3 is 0 Å². The molecule has 2 rings (SSSR count). The van der Waals surface area contributed by atoms with Crippen LogP contribution in [0.4, 0.5) is 0 Å². The third-order valence-corrected chi connectivity index (χ3v) is 3.71. The van der Waals surface area contributed by atoms with E-state index in [-0.39, 0.29) is 17.7 Å². The van der Waals surface area contributed by atoms with Gasteiger partial charge in [0.05, 0.1) is 12.5 Å². The van der Waals surface area contributed by atoms with Crippen molar-refractivity contribution >= 4 is 11.8 Å². The van der Waals surface area contributed by atoms with Crippen molar-refractivity contribution in [1.29, 1.82) is 0 Å². The lowest BCUT2D eigenvalue weighted by molar-refractivity contribution is -0.126. The third-order valence-electron chi connectivity index (χ3n) is 3.71. The highest BCUT2D eigenvalue weighted by Crippen LogP contribution is 2.18. The fourth-order valence-corrected chi connectivity index (χ4v) is 2.56. The summed E-state index contributed by atoms with van der Waals surface area (Å²) in [6.45, 7) is 2.23.